The molecule has 1 aliphatic rings. The van der Waals surface area contributed by atoms with Gasteiger partial charge in [0.2, 0.25) is 21.8 Å². The number of nitrogens with one attached hydrogen (secondary N) is 1. The number of carbonyl (C=O) groups excluding carboxylic acids is 2. The highest BCUT2D eigenvalue weighted by molar-refractivity contribution is 7.92. The lowest BCUT2D eigenvalue weighted by atomic mass is 10.0. The fourth-order valence-electron chi connectivity index (χ4n) is 5.27. The predicted molar refractivity (Wildman–Crippen MR) is 161 cm³/mol. The Bertz CT molecular complexity index is 1440. The Kier molecular flexibility index (Phi) is 10.0. The average molecular weight is 578 g/mol. The summed E-state index contributed by atoms with van der Waals surface area (Å²) in [5.74, 6) is -0.225. The summed E-state index contributed by atoms with van der Waals surface area (Å²) in [6.07, 6.45) is 5.31. The van der Waals surface area contributed by atoms with Gasteiger partial charge in [0.1, 0.15) is 18.3 Å². The number of anilines is 1. The van der Waals surface area contributed by atoms with Crippen molar-refractivity contribution in [2.45, 2.75) is 57.7 Å². The zero-order valence-electron chi connectivity index (χ0n) is 24.0. The molecular formula is C32H39N3O5S. The molecule has 1 atom stereocenters. The van der Waals surface area contributed by atoms with Crippen LogP contribution in [-0.4, -0.2) is 57.1 Å². The van der Waals surface area contributed by atoms with Crippen LogP contribution in [0.25, 0.3) is 0 Å². The molecule has 0 spiro atoms. The van der Waals surface area contributed by atoms with Crippen LogP contribution in [0.2, 0.25) is 0 Å². The molecule has 1 saturated carbocycles. The van der Waals surface area contributed by atoms with Crippen LogP contribution >= 0.6 is 0 Å². The Morgan fingerprint density at radius 3 is 2.32 bits per heavy atom. The summed E-state index contributed by atoms with van der Waals surface area (Å²) in [4.78, 5) is 29.7. The first-order chi connectivity index (χ1) is 19.7. The number of carbonyl (C=O) groups is 2. The summed E-state index contributed by atoms with van der Waals surface area (Å²) >= 11 is 0. The number of ether oxygens (including phenoxy) is 1. The molecule has 0 radical (unpaired) electrons. The lowest BCUT2D eigenvalue weighted by molar-refractivity contribution is -0.140. The molecule has 3 aromatic carbocycles. The minimum absolute atomic E-state index is 0.0699. The molecule has 2 amide bonds. The number of nitrogens with zero attached hydrogens (tertiary/aromatic N) is 2. The zero-order valence-corrected chi connectivity index (χ0v) is 24.8. The van der Waals surface area contributed by atoms with Crippen LogP contribution in [0.3, 0.4) is 0 Å². The van der Waals surface area contributed by atoms with E-state index in [4.69, 9.17) is 4.74 Å². The van der Waals surface area contributed by atoms with E-state index < -0.39 is 28.5 Å². The minimum atomic E-state index is -3.85. The first-order valence-corrected chi connectivity index (χ1v) is 15.8. The summed E-state index contributed by atoms with van der Waals surface area (Å²) in [5, 5.41) is 3.18. The van der Waals surface area contributed by atoms with Gasteiger partial charge in [-0.05, 0) is 48.6 Å². The van der Waals surface area contributed by atoms with Gasteiger partial charge in [-0.3, -0.25) is 13.9 Å². The van der Waals surface area contributed by atoms with Gasteiger partial charge in [0.05, 0.1) is 19.1 Å². The smallest absolute Gasteiger partial charge is 0.244 e. The van der Waals surface area contributed by atoms with Gasteiger partial charge >= 0.3 is 0 Å². The van der Waals surface area contributed by atoms with E-state index in [1.165, 1.54) is 12.0 Å². The van der Waals surface area contributed by atoms with Gasteiger partial charge in [-0.25, -0.2) is 8.42 Å². The molecular weight excluding hydrogens is 538 g/mol. The van der Waals surface area contributed by atoms with Crippen LogP contribution < -0.4 is 14.4 Å². The second-order valence-electron chi connectivity index (χ2n) is 10.6. The van der Waals surface area contributed by atoms with E-state index in [1.807, 2.05) is 61.5 Å². The Labute approximate surface area is 243 Å². The van der Waals surface area contributed by atoms with Crippen molar-refractivity contribution in [1.82, 2.24) is 10.2 Å². The third kappa shape index (κ3) is 8.10. The Balaban J connectivity index is 1.73. The number of amides is 2. The highest BCUT2D eigenvalue weighted by Gasteiger charge is 2.34. The lowest BCUT2D eigenvalue weighted by Crippen LogP contribution is -2.54. The summed E-state index contributed by atoms with van der Waals surface area (Å²) in [5.41, 5.74) is 3.09. The van der Waals surface area contributed by atoms with Gasteiger partial charge in [0.15, 0.2) is 0 Å². The number of benzene rings is 3. The molecule has 4 rings (SSSR count). The van der Waals surface area contributed by atoms with Crippen LogP contribution in [0.1, 0.15) is 42.4 Å². The third-order valence-electron chi connectivity index (χ3n) is 7.60. The highest BCUT2D eigenvalue weighted by atomic mass is 32.2. The van der Waals surface area contributed by atoms with Crippen molar-refractivity contribution in [2.24, 2.45) is 0 Å². The van der Waals surface area contributed by atoms with E-state index in [9.17, 15) is 18.0 Å². The van der Waals surface area contributed by atoms with Gasteiger partial charge in [0, 0.05) is 25.1 Å². The van der Waals surface area contributed by atoms with Crippen molar-refractivity contribution in [2.75, 3.05) is 24.2 Å². The number of rotatable bonds is 12. The second-order valence-corrected chi connectivity index (χ2v) is 12.5. The van der Waals surface area contributed by atoms with Crippen molar-refractivity contribution in [3.8, 4) is 5.75 Å². The molecule has 1 aliphatic carbocycles. The fourth-order valence-corrected chi connectivity index (χ4v) is 6.11. The molecule has 218 valence electrons. The third-order valence-corrected chi connectivity index (χ3v) is 8.74. The van der Waals surface area contributed by atoms with Gasteiger partial charge in [-0.1, -0.05) is 73.5 Å². The molecule has 41 heavy (non-hydrogen) atoms. The van der Waals surface area contributed by atoms with Gasteiger partial charge in [-0.15, -0.1) is 0 Å². The maximum atomic E-state index is 14.2. The minimum Gasteiger partial charge on any atom is -0.497 e. The van der Waals surface area contributed by atoms with Crippen molar-refractivity contribution in [1.29, 1.82) is 0 Å². The average Bonchev–Trinajstić information content (AvgIpc) is 3.47. The second kappa shape index (κ2) is 13.7. The SMILES string of the molecule is COc1cccc(N(CC(=O)N(Cc2ccccc2C)C(Cc2ccccc2)C(=O)NC2CCCC2)S(C)(=O)=O)c1. The van der Waals surface area contributed by atoms with Crippen molar-refractivity contribution < 1.29 is 22.7 Å². The number of hydrogen-bond acceptors (Lipinski definition) is 5. The van der Waals surface area contributed by atoms with Crippen molar-refractivity contribution in [3.63, 3.8) is 0 Å². The molecule has 0 aliphatic heterocycles. The number of sulfonamides is 1. The largest absolute Gasteiger partial charge is 0.497 e. The Morgan fingerprint density at radius 1 is 0.976 bits per heavy atom. The summed E-state index contributed by atoms with van der Waals surface area (Å²) in [6.45, 7) is 1.67. The maximum Gasteiger partial charge on any atom is 0.244 e. The summed E-state index contributed by atoms with van der Waals surface area (Å²) < 4.78 is 32.3. The van der Waals surface area contributed by atoms with Crippen LogP contribution in [0.5, 0.6) is 5.75 Å². The Morgan fingerprint density at radius 2 is 1.66 bits per heavy atom. The van der Waals surface area contributed by atoms with E-state index in [-0.39, 0.29) is 18.5 Å². The maximum absolute atomic E-state index is 14.2. The molecule has 1 fully saturated rings. The van der Waals surface area contributed by atoms with E-state index in [0.717, 1.165) is 52.9 Å². The Hall–Kier alpha value is -3.85. The van der Waals surface area contributed by atoms with Crippen LogP contribution in [0.4, 0.5) is 5.69 Å². The molecule has 1 N–H and O–H groups in total. The predicted octanol–water partition coefficient (Wildman–Crippen LogP) is 4.47. The van der Waals surface area contributed by atoms with Crippen LogP contribution in [0.15, 0.2) is 78.9 Å². The molecule has 0 saturated heterocycles. The van der Waals surface area contributed by atoms with Gasteiger partial charge in [0.25, 0.3) is 0 Å². The highest BCUT2D eigenvalue weighted by Crippen LogP contribution is 2.25. The van der Waals surface area contributed by atoms with E-state index in [1.54, 1.807) is 24.3 Å². The quantitative estimate of drug-likeness (QED) is 0.343. The first-order valence-electron chi connectivity index (χ1n) is 14.0. The number of aryl methyl sites for hydroxylation is 1. The molecule has 8 nitrogen and oxygen atoms in total. The molecule has 3 aromatic rings. The van der Waals surface area contributed by atoms with Crippen molar-refractivity contribution >= 4 is 27.5 Å². The van der Waals surface area contributed by atoms with E-state index in [2.05, 4.69) is 5.32 Å². The molecule has 9 heteroatoms. The monoisotopic (exact) mass is 577 g/mol. The van der Waals surface area contributed by atoms with E-state index >= 15 is 0 Å². The number of hydrogen-bond donors (Lipinski definition) is 1. The summed E-state index contributed by atoms with van der Waals surface area (Å²) in [7, 11) is -2.35. The molecule has 0 heterocycles. The topological polar surface area (TPSA) is 96.0 Å². The van der Waals surface area contributed by atoms with Gasteiger partial charge < -0.3 is 15.0 Å². The van der Waals surface area contributed by atoms with Crippen molar-refractivity contribution in [3.05, 3.63) is 95.6 Å². The fraction of sp³-hybridized carbons (Fsp3) is 0.375. The van der Waals surface area contributed by atoms with Crippen LogP contribution in [0, 0.1) is 6.92 Å². The summed E-state index contributed by atoms with van der Waals surface area (Å²) in [6, 6.07) is 23.1. The molecule has 0 aromatic heterocycles. The van der Waals surface area contributed by atoms with E-state index in [0.29, 0.717) is 17.9 Å². The van der Waals surface area contributed by atoms with Gasteiger partial charge in [-0.2, -0.15) is 0 Å². The zero-order chi connectivity index (χ0) is 29.4. The molecule has 1 unspecified atom stereocenters. The standard InChI is InChI=1S/C32H39N3O5S/c1-24-12-7-8-15-26(24)22-34(31(36)23-35(41(3,38)39)28-18-11-19-29(21-28)40-2)30(20-25-13-5-4-6-14-25)32(37)33-27-16-9-10-17-27/h4-8,11-15,18-19,21,27,30H,9-10,16-17,20,22-23H2,1-3H3,(H,33,37). The first kappa shape index (κ1) is 30.1. The normalized spacial score (nSPS) is 14.3. The number of methoxy groups -OCH3 is 1. The van der Waals surface area contributed by atoms with Crippen LogP contribution in [-0.2, 0) is 32.6 Å². The molecule has 0 bridgehead atoms. The lowest BCUT2D eigenvalue weighted by Gasteiger charge is -2.34.